The molecule has 4 heteroatoms. The lowest BCUT2D eigenvalue weighted by molar-refractivity contribution is 0.349. The molecule has 1 aromatic carbocycles. The summed E-state index contributed by atoms with van der Waals surface area (Å²) in [5.41, 5.74) is 8.24. The molecule has 0 atom stereocenters. The molecule has 1 aliphatic rings. The van der Waals surface area contributed by atoms with Crippen molar-refractivity contribution in [3.05, 3.63) is 22.5 Å². The standard InChI is InChI=1S/C15H22FNO2/c1-9-11(15(17)7-5-6-8-15)13(18-3)10(2)12(16)14(9)19-4/h5-8,17H2,1-4H3. The Morgan fingerprint density at radius 2 is 1.53 bits per heavy atom. The molecule has 0 unspecified atom stereocenters. The number of ether oxygens (including phenoxy) is 2. The van der Waals surface area contributed by atoms with Crippen LogP contribution in [0.25, 0.3) is 0 Å². The molecule has 19 heavy (non-hydrogen) atoms. The Labute approximate surface area is 113 Å². The molecule has 0 aliphatic heterocycles. The molecule has 0 spiro atoms. The van der Waals surface area contributed by atoms with Crippen molar-refractivity contribution >= 4 is 0 Å². The van der Waals surface area contributed by atoms with E-state index in [1.165, 1.54) is 7.11 Å². The average molecular weight is 267 g/mol. The largest absolute Gasteiger partial charge is 0.496 e. The van der Waals surface area contributed by atoms with E-state index < -0.39 is 5.54 Å². The van der Waals surface area contributed by atoms with Crippen LogP contribution in [0.15, 0.2) is 0 Å². The van der Waals surface area contributed by atoms with E-state index in [0.717, 1.165) is 36.8 Å². The van der Waals surface area contributed by atoms with Crippen LogP contribution in [0.1, 0.15) is 42.4 Å². The molecular formula is C15H22FNO2. The third-order valence-electron chi connectivity index (χ3n) is 4.21. The second-order valence-electron chi connectivity index (χ2n) is 5.37. The first-order chi connectivity index (χ1) is 8.96. The van der Waals surface area contributed by atoms with Gasteiger partial charge in [-0.25, -0.2) is 4.39 Å². The van der Waals surface area contributed by atoms with Crippen molar-refractivity contribution < 1.29 is 13.9 Å². The highest BCUT2D eigenvalue weighted by atomic mass is 19.1. The topological polar surface area (TPSA) is 44.5 Å². The first-order valence-electron chi connectivity index (χ1n) is 6.66. The van der Waals surface area contributed by atoms with Crippen molar-refractivity contribution in [1.82, 2.24) is 0 Å². The maximum absolute atomic E-state index is 14.3. The van der Waals surface area contributed by atoms with Crippen LogP contribution in [-0.4, -0.2) is 14.2 Å². The number of halogens is 1. The van der Waals surface area contributed by atoms with Crippen molar-refractivity contribution in [2.45, 2.75) is 45.1 Å². The monoisotopic (exact) mass is 267 g/mol. The van der Waals surface area contributed by atoms with E-state index in [2.05, 4.69) is 0 Å². The highest BCUT2D eigenvalue weighted by Gasteiger charge is 2.38. The Kier molecular flexibility index (Phi) is 3.72. The van der Waals surface area contributed by atoms with Crippen LogP contribution >= 0.6 is 0 Å². The summed E-state index contributed by atoms with van der Waals surface area (Å²) in [5.74, 6) is 0.493. The summed E-state index contributed by atoms with van der Waals surface area (Å²) in [6, 6.07) is 0. The van der Waals surface area contributed by atoms with Gasteiger partial charge in [0.1, 0.15) is 5.75 Å². The molecule has 1 saturated carbocycles. The minimum Gasteiger partial charge on any atom is -0.496 e. The smallest absolute Gasteiger partial charge is 0.171 e. The molecule has 3 nitrogen and oxygen atoms in total. The Morgan fingerprint density at radius 1 is 1.00 bits per heavy atom. The van der Waals surface area contributed by atoms with Crippen LogP contribution in [0, 0.1) is 19.7 Å². The van der Waals surface area contributed by atoms with Gasteiger partial charge >= 0.3 is 0 Å². The lowest BCUT2D eigenvalue weighted by Gasteiger charge is -2.30. The van der Waals surface area contributed by atoms with Crippen LogP contribution in [0.4, 0.5) is 4.39 Å². The fourth-order valence-electron chi connectivity index (χ4n) is 3.26. The molecule has 1 fully saturated rings. The summed E-state index contributed by atoms with van der Waals surface area (Å²) in [7, 11) is 3.05. The minimum atomic E-state index is -0.429. The van der Waals surface area contributed by atoms with Crippen LogP contribution < -0.4 is 15.2 Å². The molecule has 2 rings (SSSR count). The van der Waals surface area contributed by atoms with Gasteiger partial charge in [-0.3, -0.25) is 0 Å². The van der Waals surface area contributed by atoms with Crippen molar-refractivity contribution in [2.24, 2.45) is 5.73 Å². The van der Waals surface area contributed by atoms with E-state index in [1.807, 2.05) is 6.92 Å². The fraction of sp³-hybridized carbons (Fsp3) is 0.600. The predicted octanol–water partition coefficient (Wildman–Crippen LogP) is 3.19. The first-order valence-corrected chi connectivity index (χ1v) is 6.66. The predicted molar refractivity (Wildman–Crippen MR) is 73.3 cm³/mol. The summed E-state index contributed by atoms with van der Waals surface area (Å²) >= 11 is 0. The van der Waals surface area contributed by atoms with Crippen LogP contribution in [0.2, 0.25) is 0 Å². The van der Waals surface area contributed by atoms with Gasteiger partial charge < -0.3 is 15.2 Å². The maximum Gasteiger partial charge on any atom is 0.171 e. The van der Waals surface area contributed by atoms with Gasteiger partial charge in [0.2, 0.25) is 0 Å². The van der Waals surface area contributed by atoms with Crippen LogP contribution in [-0.2, 0) is 5.54 Å². The number of benzene rings is 1. The van der Waals surface area contributed by atoms with Crippen LogP contribution in [0.5, 0.6) is 11.5 Å². The second-order valence-corrected chi connectivity index (χ2v) is 5.37. The molecule has 0 radical (unpaired) electrons. The highest BCUT2D eigenvalue weighted by molar-refractivity contribution is 5.57. The van der Waals surface area contributed by atoms with Gasteiger partial charge in [0.15, 0.2) is 11.6 Å². The number of nitrogens with two attached hydrogens (primary N) is 1. The number of rotatable bonds is 3. The molecule has 0 heterocycles. The summed E-state index contributed by atoms with van der Waals surface area (Å²) < 4.78 is 24.9. The Balaban J connectivity index is 2.74. The zero-order valence-electron chi connectivity index (χ0n) is 12.1. The highest BCUT2D eigenvalue weighted by Crippen LogP contribution is 2.47. The number of hydrogen-bond acceptors (Lipinski definition) is 3. The van der Waals surface area contributed by atoms with Gasteiger partial charge in [-0.05, 0) is 26.7 Å². The molecule has 1 aliphatic carbocycles. The molecule has 1 aromatic rings. The van der Waals surface area contributed by atoms with Gasteiger partial charge in [-0.2, -0.15) is 0 Å². The Bertz CT molecular complexity index is 494. The molecule has 0 amide bonds. The normalized spacial score (nSPS) is 17.6. The summed E-state index contributed by atoms with van der Waals surface area (Å²) in [4.78, 5) is 0. The summed E-state index contributed by atoms with van der Waals surface area (Å²) in [5, 5.41) is 0. The van der Waals surface area contributed by atoms with E-state index in [4.69, 9.17) is 15.2 Å². The van der Waals surface area contributed by atoms with Crippen molar-refractivity contribution in [2.75, 3.05) is 14.2 Å². The number of methoxy groups -OCH3 is 2. The molecule has 0 aromatic heterocycles. The Morgan fingerprint density at radius 3 is 2.00 bits per heavy atom. The van der Waals surface area contributed by atoms with E-state index in [-0.39, 0.29) is 11.6 Å². The second kappa shape index (κ2) is 5.00. The third kappa shape index (κ3) is 2.08. The maximum atomic E-state index is 14.3. The molecule has 106 valence electrons. The molecule has 2 N–H and O–H groups in total. The zero-order chi connectivity index (χ0) is 14.2. The molecular weight excluding hydrogens is 245 g/mol. The third-order valence-corrected chi connectivity index (χ3v) is 4.21. The Hall–Kier alpha value is -1.29. The van der Waals surface area contributed by atoms with Crippen LogP contribution in [0.3, 0.4) is 0 Å². The lowest BCUT2D eigenvalue weighted by atomic mass is 9.83. The fourth-order valence-corrected chi connectivity index (χ4v) is 3.26. The van der Waals surface area contributed by atoms with Crippen molar-refractivity contribution in [1.29, 1.82) is 0 Å². The van der Waals surface area contributed by atoms with E-state index in [0.29, 0.717) is 11.3 Å². The molecule has 0 saturated heterocycles. The van der Waals surface area contributed by atoms with E-state index in [1.54, 1.807) is 14.0 Å². The first kappa shape index (κ1) is 14.1. The quantitative estimate of drug-likeness (QED) is 0.914. The van der Waals surface area contributed by atoms with Gasteiger partial charge in [-0.15, -0.1) is 0 Å². The van der Waals surface area contributed by atoms with Crippen molar-refractivity contribution in [3.63, 3.8) is 0 Å². The lowest BCUT2D eigenvalue weighted by Crippen LogP contribution is -2.35. The van der Waals surface area contributed by atoms with Gasteiger partial charge in [0, 0.05) is 22.2 Å². The van der Waals surface area contributed by atoms with Gasteiger partial charge in [0.05, 0.1) is 14.2 Å². The average Bonchev–Trinajstić information content (AvgIpc) is 2.81. The number of hydrogen-bond donors (Lipinski definition) is 1. The van der Waals surface area contributed by atoms with Gasteiger partial charge in [0.25, 0.3) is 0 Å². The van der Waals surface area contributed by atoms with E-state index >= 15 is 0 Å². The van der Waals surface area contributed by atoms with Crippen molar-refractivity contribution in [3.8, 4) is 11.5 Å². The van der Waals surface area contributed by atoms with Gasteiger partial charge in [-0.1, -0.05) is 12.8 Å². The summed E-state index contributed by atoms with van der Waals surface area (Å²) in [6.45, 7) is 3.56. The minimum absolute atomic E-state index is 0.282. The van der Waals surface area contributed by atoms with E-state index in [9.17, 15) is 4.39 Å². The SMILES string of the molecule is COc1c(C)c(C2(N)CCCC2)c(OC)c(C)c1F. The zero-order valence-corrected chi connectivity index (χ0v) is 12.1. The molecule has 0 bridgehead atoms. The summed E-state index contributed by atoms with van der Waals surface area (Å²) in [6.07, 6.45) is 3.99.